The van der Waals surface area contributed by atoms with Gasteiger partial charge in [-0.3, -0.25) is 8.98 Å². The molecule has 3 rings (SSSR count). The van der Waals surface area contributed by atoms with E-state index in [1.54, 1.807) is 0 Å². The van der Waals surface area contributed by atoms with E-state index in [0.717, 1.165) is 6.08 Å². The Kier molecular flexibility index (Phi) is 3.07. The number of ether oxygens (including phenoxy) is 3. The van der Waals surface area contributed by atoms with Crippen molar-refractivity contribution in [3.05, 3.63) is 12.7 Å². The maximum Gasteiger partial charge on any atom is 0.330 e. The third-order valence-electron chi connectivity index (χ3n) is 3.81. The Morgan fingerprint density at radius 3 is 2.70 bits per heavy atom. The highest BCUT2D eigenvalue weighted by molar-refractivity contribution is 7.87. The van der Waals surface area contributed by atoms with Gasteiger partial charge in [-0.05, 0) is 0 Å². The van der Waals surface area contributed by atoms with Crippen LogP contribution in [0.1, 0.15) is 0 Å². The van der Waals surface area contributed by atoms with E-state index < -0.39 is 51.7 Å². The molecule has 0 aromatic rings. The highest BCUT2D eigenvalue weighted by atomic mass is 32.2. The Morgan fingerprint density at radius 1 is 1.30 bits per heavy atom. The smallest absolute Gasteiger partial charge is 0.330 e. The Bertz CT molecular complexity index is 555. The molecule has 0 radical (unpaired) electrons. The molecule has 0 aliphatic carbocycles. The third-order valence-corrected chi connectivity index (χ3v) is 5.50. The molecule has 9 heteroatoms. The number of carbonyl (C=O) groups is 2. The Balaban J connectivity index is 1.89. The van der Waals surface area contributed by atoms with E-state index in [1.807, 2.05) is 0 Å². The molecule has 110 valence electrons. The van der Waals surface area contributed by atoms with E-state index in [9.17, 15) is 18.0 Å². The van der Waals surface area contributed by atoms with Gasteiger partial charge in [0.05, 0.1) is 12.5 Å². The van der Waals surface area contributed by atoms with Crippen LogP contribution in [0.4, 0.5) is 0 Å². The molecule has 0 spiro atoms. The fraction of sp³-hybridized carbons (Fsp3) is 0.636. The number of hydrogen-bond donors (Lipinski definition) is 0. The summed E-state index contributed by atoms with van der Waals surface area (Å²) in [6, 6.07) is 0. The molecule has 0 aromatic carbocycles. The highest BCUT2D eigenvalue weighted by Crippen LogP contribution is 2.51. The van der Waals surface area contributed by atoms with E-state index in [2.05, 4.69) is 11.3 Å². The van der Waals surface area contributed by atoms with Gasteiger partial charge >= 0.3 is 5.97 Å². The molecule has 6 atom stereocenters. The molecule has 6 unspecified atom stereocenters. The van der Waals surface area contributed by atoms with Gasteiger partial charge in [0, 0.05) is 6.08 Å². The van der Waals surface area contributed by atoms with Crippen LogP contribution >= 0.6 is 0 Å². The number of fused-ring (bicyclic) bond motifs is 1. The van der Waals surface area contributed by atoms with Crippen LogP contribution in [-0.4, -0.2) is 57.1 Å². The summed E-state index contributed by atoms with van der Waals surface area (Å²) < 4.78 is 44.2. The molecule has 0 N–H and O–H groups in total. The Hall–Kier alpha value is -1.45. The van der Waals surface area contributed by atoms with Crippen molar-refractivity contribution in [2.45, 2.75) is 29.7 Å². The Labute approximate surface area is 114 Å². The second kappa shape index (κ2) is 4.54. The molecular formula is C11H12O8S. The first kappa shape index (κ1) is 13.5. The van der Waals surface area contributed by atoms with Crippen LogP contribution in [-0.2, 0) is 38.1 Å². The zero-order chi connectivity index (χ0) is 14.5. The molecule has 0 saturated carbocycles. The predicted octanol–water partition coefficient (Wildman–Crippen LogP) is -1.25. The van der Waals surface area contributed by atoms with Crippen molar-refractivity contribution in [2.75, 3.05) is 6.61 Å². The molecule has 8 nitrogen and oxygen atoms in total. The predicted molar refractivity (Wildman–Crippen MR) is 61.8 cm³/mol. The van der Waals surface area contributed by atoms with Crippen LogP contribution in [0.25, 0.3) is 0 Å². The van der Waals surface area contributed by atoms with E-state index in [1.165, 1.54) is 0 Å². The summed E-state index contributed by atoms with van der Waals surface area (Å²) in [6.07, 6.45) is -2.10. The van der Waals surface area contributed by atoms with Gasteiger partial charge in [-0.1, -0.05) is 6.58 Å². The van der Waals surface area contributed by atoms with Crippen molar-refractivity contribution in [3.8, 4) is 0 Å². The molecule has 3 fully saturated rings. The van der Waals surface area contributed by atoms with Crippen LogP contribution in [0.5, 0.6) is 0 Å². The van der Waals surface area contributed by atoms with Crippen molar-refractivity contribution in [3.63, 3.8) is 0 Å². The molecule has 3 heterocycles. The molecule has 3 aliphatic heterocycles. The number of hydrogen-bond acceptors (Lipinski definition) is 8. The molecule has 3 aliphatic rings. The normalized spacial score (nSPS) is 43.2. The minimum absolute atomic E-state index is 0.0558. The first-order valence-electron chi connectivity index (χ1n) is 5.95. The van der Waals surface area contributed by atoms with Gasteiger partial charge in [0.15, 0.2) is 11.4 Å². The van der Waals surface area contributed by atoms with Gasteiger partial charge in [0.25, 0.3) is 16.6 Å². The SMILES string of the molecule is C=CC(=O)OC1C2OC3C(OS(=O)(=O)C13)C2COC=O. The van der Waals surface area contributed by atoms with Gasteiger partial charge in [0.1, 0.15) is 18.3 Å². The van der Waals surface area contributed by atoms with Crippen LogP contribution in [0, 0.1) is 5.92 Å². The maximum absolute atomic E-state index is 12.0. The van der Waals surface area contributed by atoms with Gasteiger partial charge < -0.3 is 14.2 Å². The van der Waals surface area contributed by atoms with Crippen LogP contribution < -0.4 is 0 Å². The molecule has 0 amide bonds. The van der Waals surface area contributed by atoms with Gasteiger partial charge in [0.2, 0.25) is 0 Å². The van der Waals surface area contributed by atoms with Crippen molar-refractivity contribution in [1.82, 2.24) is 0 Å². The van der Waals surface area contributed by atoms with E-state index in [-0.39, 0.29) is 13.1 Å². The lowest BCUT2D eigenvalue weighted by molar-refractivity contribution is -0.148. The third kappa shape index (κ3) is 1.77. The second-order valence-electron chi connectivity index (χ2n) is 4.78. The van der Waals surface area contributed by atoms with Gasteiger partial charge in [-0.15, -0.1) is 0 Å². The molecular weight excluding hydrogens is 292 g/mol. The summed E-state index contributed by atoms with van der Waals surface area (Å²) in [5.74, 6) is -1.22. The van der Waals surface area contributed by atoms with Crippen molar-refractivity contribution >= 4 is 22.6 Å². The van der Waals surface area contributed by atoms with E-state index in [0.29, 0.717) is 0 Å². The van der Waals surface area contributed by atoms with E-state index in [4.69, 9.17) is 13.7 Å². The summed E-state index contributed by atoms with van der Waals surface area (Å²) in [6.45, 7) is 3.47. The van der Waals surface area contributed by atoms with Gasteiger partial charge in [-0.25, -0.2) is 4.79 Å². The maximum atomic E-state index is 12.0. The summed E-state index contributed by atoms with van der Waals surface area (Å²) in [5, 5.41) is -1.03. The number of rotatable bonds is 5. The average Bonchev–Trinajstić information content (AvgIpc) is 2.97. The first-order valence-corrected chi connectivity index (χ1v) is 7.42. The Morgan fingerprint density at radius 2 is 2.05 bits per heavy atom. The average molecular weight is 304 g/mol. The van der Waals surface area contributed by atoms with Crippen LogP contribution in [0.3, 0.4) is 0 Å². The molecule has 3 saturated heterocycles. The minimum Gasteiger partial charge on any atom is -0.467 e. The highest BCUT2D eigenvalue weighted by Gasteiger charge is 2.71. The summed E-state index contributed by atoms with van der Waals surface area (Å²) in [5.41, 5.74) is 0. The lowest BCUT2D eigenvalue weighted by Crippen LogP contribution is -2.48. The van der Waals surface area contributed by atoms with Crippen molar-refractivity contribution in [1.29, 1.82) is 0 Å². The van der Waals surface area contributed by atoms with Crippen LogP contribution in [0.2, 0.25) is 0 Å². The summed E-state index contributed by atoms with van der Waals surface area (Å²) in [7, 11) is -3.87. The lowest BCUT2D eigenvalue weighted by atomic mass is 9.85. The van der Waals surface area contributed by atoms with E-state index >= 15 is 0 Å². The zero-order valence-electron chi connectivity index (χ0n) is 10.2. The zero-order valence-corrected chi connectivity index (χ0v) is 11.0. The fourth-order valence-electron chi connectivity index (χ4n) is 3.08. The summed E-state index contributed by atoms with van der Waals surface area (Å²) >= 11 is 0. The quantitative estimate of drug-likeness (QED) is 0.268. The van der Waals surface area contributed by atoms with Crippen molar-refractivity contribution < 1.29 is 36.4 Å². The fourth-order valence-corrected chi connectivity index (χ4v) is 4.86. The lowest BCUT2D eigenvalue weighted by Gasteiger charge is -2.27. The minimum atomic E-state index is -3.87. The van der Waals surface area contributed by atoms with Crippen molar-refractivity contribution in [2.24, 2.45) is 5.92 Å². The van der Waals surface area contributed by atoms with Gasteiger partial charge in [-0.2, -0.15) is 8.42 Å². The first-order chi connectivity index (χ1) is 9.49. The second-order valence-corrected chi connectivity index (χ2v) is 6.50. The molecule has 2 bridgehead atoms. The summed E-state index contributed by atoms with van der Waals surface area (Å²) in [4.78, 5) is 21.6. The topological polar surface area (TPSA) is 105 Å². The standard InChI is InChI=1S/C11H12O8S/c1-2-6(13)17-9-7-5(3-16-4-12)8-10(18-7)11(9)20(14,15)19-8/h2,4-5,7-11H,1,3H2. The number of carbonyl (C=O) groups excluding carboxylic acids is 2. The molecule has 20 heavy (non-hydrogen) atoms. The monoisotopic (exact) mass is 304 g/mol. The molecule has 0 aromatic heterocycles. The van der Waals surface area contributed by atoms with Crippen LogP contribution in [0.15, 0.2) is 12.7 Å². The largest absolute Gasteiger partial charge is 0.467 e. The number of esters is 1.